The number of rotatable bonds is 7. The summed E-state index contributed by atoms with van der Waals surface area (Å²) in [5.41, 5.74) is 0. The van der Waals surface area contributed by atoms with Gasteiger partial charge in [-0.3, -0.25) is 9.36 Å². The Hall–Kier alpha value is -2.16. The van der Waals surface area contributed by atoms with Crippen molar-refractivity contribution in [3.05, 3.63) is 18.7 Å². The number of hydrogen-bond donors (Lipinski definition) is 1. The molecule has 0 fully saturated rings. The van der Waals surface area contributed by atoms with E-state index in [0.717, 1.165) is 0 Å². The van der Waals surface area contributed by atoms with Crippen molar-refractivity contribution in [1.82, 2.24) is 24.5 Å². The highest BCUT2D eigenvalue weighted by molar-refractivity contribution is 7.99. The molecule has 0 aliphatic rings. The molecule has 1 N–H and O–H groups in total. The number of anilines is 1. The van der Waals surface area contributed by atoms with Crippen molar-refractivity contribution in [2.45, 2.75) is 18.5 Å². The molecule has 0 aliphatic carbocycles. The molecule has 9 heteroatoms. The van der Waals surface area contributed by atoms with E-state index in [-0.39, 0.29) is 5.97 Å². The van der Waals surface area contributed by atoms with E-state index in [0.29, 0.717) is 35.8 Å². The van der Waals surface area contributed by atoms with Gasteiger partial charge in [0.15, 0.2) is 5.16 Å². The lowest BCUT2D eigenvalue weighted by atomic mass is 10.5. The maximum atomic E-state index is 11.1. The van der Waals surface area contributed by atoms with Crippen LogP contribution in [0.25, 0.3) is 5.95 Å². The van der Waals surface area contributed by atoms with Crippen molar-refractivity contribution in [3.8, 4) is 5.95 Å². The average Bonchev–Trinajstić information content (AvgIpc) is 3.01. The second kappa shape index (κ2) is 7.58. The molecule has 0 saturated heterocycles. The van der Waals surface area contributed by atoms with Gasteiger partial charge < -0.3 is 10.1 Å². The predicted molar refractivity (Wildman–Crippen MR) is 78.5 cm³/mol. The summed E-state index contributed by atoms with van der Waals surface area (Å²) in [4.78, 5) is 28.0. The lowest BCUT2D eigenvalue weighted by molar-refractivity contribution is -0.140. The zero-order valence-corrected chi connectivity index (χ0v) is 12.6. The van der Waals surface area contributed by atoms with Gasteiger partial charge in [0.05, 0.1) is 13.5 Å². The minimum atomic E-state index is -0.252. The van der Waals surface area contributed by atoms with Gasteiger partial charge >= 0.3 is 5.97 Å². The molecule has 8 nitrogen and oxygen atoms in total. The Morgan fingerprint density at radius 2 is 2.29 bits per heavy atom. The Balaban J connectivity index is 2.14. The van der Waals surface area contributed by atoms with Gasteiger partial charge in [0.1, 0.15) is 6.33 Å². The second-order valence-electron chi connectivity index (χ2n) is 3.92. The molecule has 2 rings (SSSR count). The number of esters is 1. The van der Waals surface area contributed by atoms with Crippen molar-refractivity contribution in [2.24, 2.45) is 0 Å². The molecule has 0 saturated carbocycles. The van der Waals surface area contributed by atoms with E-state index in [1.807, 2.05) is 6.92 Å². The first-order valence-corrected chi connectivity index (χ1v) is 7.39. The van der Waals surface area contributed by atoms with Crippen molar-refractivity contribution in [1.29, 1.82) is 0 Å². The quantitative estimate of drug-likeness (QED) is 0.601. The summed E-state index contributed by atoms with van der Waals surface area (Å²) in [6.45, 7) is 2.67. The van der Waals surface area contributed by atoms with E-state index < -0.39 is 0 Å². The molecule has 0 bridgehead atoms. The van der Waals surface area contributed by atoms with Crippen molar-refractivity contribution in [2.75, 3.05) is 24.7 Å². The largest absolute Gasteiger partial charge is 0.469 e. The number of aromatic nitrogens is 5. The maximum absolute atomic E-state index is 11.1. The van der Waals surface area contributed by atoms with E-state index >= 15 is 0 Å². The van der Waals surface area contributed by atoms with Gasteiger partial charge in [0, 0.05) is 24.7 Å². The minimum absolute atomic E-state index is 0.252. The molecule has 0 aromatic carbocycles. The number of carbonyl (C=O) groups is 1. The van der Waals surface area contributed by atoms with Crippen LogP contribution >= 0.6 is 11.8 Å². The molecule has 0 unspecified atom stereocenters. The third-order valence-corrected chi connectivity index (χ3v) is 3.29. The average molecular weight is 308 g/mol. The first-order valence-electron chi connectivity index (χ1n) is 6.40. The highest BCUT2D eigenvalue weighted by atomic mass is 32.2. The standard InChI is InChI=1S/C12H16N6O2S/c1-3-14-10-15-11(18-6-5-13-8-18)17-12(16-10)21-7-4-9(19)20-2/h5-6,8H,3-4,7H2,1-2H3,(H,14,15,16,17). The van der Waals surface area contributed by atoms with Gasteiger partial charge in [-0.05, 0) is 6.92 Å². The Morgan fingerprint density at radius 1 is 1.43 bits per heavy atom. The van der Waals surface area contributed by atoms with Gasteiger partial charge in [0.25, 0.3) is 0 Å². The summed E-state index contributed by atoms with van der Waals surface area (Å²) in [5.74, 6) is 1.28. The third-order valence-electron chi connectivity index (χ3n) is 2.44. The fourth-order valence-corrected chi connectivity index (χ4v) is 2.22. The zero-order valence-electron chi connectivity index (χ0n) is 11.8. The minimum Gasteiger partial charge on any atom is -0.469 e. The van der Waals surface area contributed by atoms with Gasteiger partial charge in [-0.1, -0.05) is 11.8 Å². The molecule has 0 radical (unpaired) electrons. The summed E-state index contributed by atoms with van der Waals surface area (Å²) < 4.78 is 6.30. The number of ether oxygens (including phenoxy) is 1. The summed E-state index contributed by atoms with van der Waals surface area (Å²) in [5, 5.41) is 3.61. The monoisotopic (exact) mass is 308 g/mol. The van der Waals surface area contributed by atoms with Crippen molar-refractivity contribution >= 4 is 23.7 Å². The van der Waals surface area contributed by atoms with Crippen molar-refractivity contribution < 1.29 is 9.53 Å². The lowest BCUT2D eigenvalue weighted by Crippen LogP contribution is -2.09. The number of nitrogens with one attached hydrogen (secondary N) is 1. The van der Waals surface area contributed by atoms with Crippen molar-refractivity contribution in [3.63, 3.8) is 0 Å². The van der Waals surface area contributed by atoms with Crippen LogP contribution in [-0.2, 0) is 9.53 Å². The molecule has 21 heavy (non-hydrogen) atoms. The van der Waals surface area contributed by atoms with Crippen LogP contribution in [0, 0.1) is 0 Å². The number of thioether (sulfide) groups is 1. The summed E-state index contributed by atoms with van der Waals surface area (Å²) >= 11 is 1.38. The molecule has 0 atom stereocenters. The number of nitrogens with zero attached hydrogens (tertiary/aromatic N) is 5. The van der Waals surface area contributed by atoms with E-state index in [1.165, 1.54) is 18.9 Å². The summed E-state index contributed by atoms with van der Waals surface area (Å²) in [6, 6.07) is 0. The first kappa shape index (κ1) is 15.2. The van der Waals surface area contributed by atoms with Crippen LogP contribution in [-0.4, -0.2) is 49.9 Å². The van der Waals surface area contributed by atoms with Crippen LogP contribution in [0.15, 0.2) is 23.9 Å². The number of hydrogen-bond acceptors (Lipinski definition) is 8. The fourth-order valence-electron chi connectivity index (χ4n) is 1.47. The summed E-state index contributed by atoms with van der Waals surface area (Å²) in [6.07, 6.45) is 5.34. The Kier molecular flexibility index (Phi) is 5.50. The number of methoxy groups -OCH3 is 1. The Bertz CT molecular complexity index is 589. The highest BCUT2D eigenvalue weighted by Gasteiger charge is 2.09. The van der Waals surface area contributed by atoms with Crippen LogP contribution < -0.4 is 5.32 Å². The van der Waals surface area contributed by atoms with Gasteiger partial charge in [-0.25, -0.2) is 4.98 Å². The Labute approximate surface area is 126 Å². The van der Waals surface area contributed by atoms with Crippen LogP contribution in [0.5, 0.6) is 0 Å². The fraction of sp³-hybridized carbons (Fsp3) is 0.417. The highest BCUT2D eigenvalue weighted by Crippen LogP contribution is 2.17. The van der Waals surface area contributed by atoms with Gasteiger partial charge in [-0.15, -0.1) is 0 Å². The van der Waals surface area contributed by atoms with Crippen LogP contribution in [0.4, 0.5) is 5.95 Å². The van der Waals surface area contributed by atoms with Crippen LogP contribution in [0.2, 0.25) is 0 Å². The predicted octanol–water partition coefficient (Wildman–Crippen LogP) is 1.14. The first-order chi connectivity index (χ1) is 10.2. The van der Waals surface area contributed by atoms with E-state index in [4.69, 9.17) is 0 Å². The summed E-state index contributed by atoms with van der Waals surface area (Å²) in [7, 11) is 1.37. The molecule has 112 valence electrons. The van der Waals surface area contributed by atoms with Gasteiger partial charge in [0.2, 0.25) is 11.9 Å². The Morgan fingerprint density at radius 3 is 2.95 bits per heavy atom. The number of carbonyl (C=O) groups excluding carboxylic acids is 1. The molecule has 2 heterocycles. The molecule has 2 aromatic rings. The third kappa shape index (κ3) is 4.42. The van der Waals surface area contributed by atoms with Crippen LogP contribution in [0.3, 0.4) is 0 Å². The smallest absolute Gasteiger partial charge is 0.306 e. The maximum Gasteiger partial charge on any atom is 0.306 e. The lowest BCUT2D eigenvalue weighted by Gasteiger charge is -2.07. The van der Waals surface area contributed by atoms with E-state index in [1.54, 1.807) is 23.3 Å². The molecule has 2 aromatic heterocycles. The molecule has 0 aliphatic heterocycles. The molecular weight excluding hydrogens is 292 g/mol. The van der Waals surface area contributed by atoms with E-state index in [2.05, 4.69) is 30.0 Å². The second-order valence-corrected chi connectivity index (χ2v) is 4.98. The molecule has 0 spiro atoms. The van der Waals surface area contributed by atoms with Crippen LogP contribution in [0.1, 0.15) is 13.3 Å². The molecule has 0 amide bonds. The molecular formula is C12H16N6O2S. The SMILES string of the molecule is CCNc1nc(SCCC(=O)OC)nc(-n2ccnc2)n1. The normalized spacial score (nSPS) is 10.4. The van der Waals surface area contributed by atoms with E-state index in [9.17, 15) is 4.79 Å². The zero-order chi connectivity index (χ0) is 15.1. The number of imidazole rings is 1. The van der Waals surface area contributed by atoms with Gasteiger partial charge in [-0.2, -0.15) is 15.0 Å². The topological polar surface area (TPSA) is 94.8 Å².